The van der Waals surface area contributed by atoms with Crippen LogP contribution in [0.4, 0.5) is 5.69 Å². The number of anilines is 1. The van der Waals surface area contributed by atoms with Crippen LogP contribution >= 0.6 is 24.0 Å². The maximum Gasteiger partial charge on any atom is 0.191 e. The van der Waals surface area contributed by atoms with Gasteiger partial charge in [-0.2, -0.15) is 0 Å². The molecule has 7 nitrogen and oxygen atoms in total. The van der Waals surface area contributed by atoms with Gasteiger partial charge in [-0.3, -0.25) is 0 Å². The number of nitrogens with zero attached hydrogens (tertiary/aromatic N) is 1. The highest BCUT2D eigenvalue weighted by atomic mass is 127. The molecule has 0 aliphatic heterocycles. The van der Waals surface area contributed by atoms with Crippen molar-refractivity contribution >= 4 is 35.6 Å². The predicted molar refractivity (Wildman–Crippen MR) is 123 cm³/mol. The summed E-state index contributed by atoms with van der Waals surface area (Å²) in [4.78, 5) is 4.59. The van der Waals surface area contributed by atoms with Crippen molar-refractivity contribution in [2.75, 3.05) is 38.7 Å². The number of guanidine groups is 1. The Morgan fingerprint density at radius 3 is 2.57 bits per heavy atom. The number of hydrogen-bond donors (Lipinski definition) is 4. The molecule has 0 saturated heterocycles. The van der Waals surface area contributed by atoms with Gasteiger partial charge in [-0.25, -0.2) is 4.99 Å². The smallest absolute Gasteiger partial charge is 0.191 e. The molecule has 0 radical (unpaired) electrons. The molecule has 156 valence electrons. The van der Waals surface area contributed by atoms with E-state index in [2.05, 4.69) is 20.9 Å². The highest BCUT2D eigenvalue weighted by Crippen LogP contribution is 2.19. The van der Waals surface area contributed by atoms with Crippen LogP contribution in [0.15, 0.2) is 52.1 Å². The minimum Gasteiger partial charge on any atom is -0.466 e. The van der Waals surface area contributed by atoms with Crippen LogP contribution < -0.4 is 16.0 Å². The van der Waals surface area contributed by atoms with Gasteiger partial charge >= 0.3 is 0 Å². The van der Waals surface area contributed by atoms with E-state index in [-0.39, 0.29) is 30.5 Å². The van der Waals surface area contributed by atoms with Gasteiger partial charge in [-0.05, 0) is 43.7 Å². The van der Waals surface area contributed by atoms with Crippen LogP contribution in [0.1, 0.15) is 25.2 Å². The molecule has 8 heteroatoms. The first-order valence-electron chi connectivity index (χ1n) is 9.15. The third kappa shape index (κ3) is 8.07. The lowest BCUT2D eigenvalue weighted by Gasteiger charge is -2.22. The van der Waals surface area contributed by atoms with Crippen LogP contribution in [-0.2, 0) is 16.9 Å². The summed E-state index contributed by atoms with van der Waals surface area (Å²) >= 11 is 0. The molecule has 2 rings (SSSR count). The number of aliphatic hydroxyl groups is 1. The summed E-state index contributed by atoms with van der Waals surface area (Å²) in [5.41, 5.74) is 1.04. The van der Waals surface area contributed by atoms with Gasteiger partial charge in [0.15, 0.2) is 5.96 Å². The van der Waals surface area contributed by atoms with Crippen molar-refractivity contribution in [2.24, 2.45) is 4.99 Å². The first-order valence-corrected chi connectivity index (χ1v) is 9.15. The van der Waals surface area contributed by atoms with E-state index in [9.17, 15) is 5.11 Å². The van der Waals surface area contributed by atoms with E-state index in [1.807, 2.05) is 31.2 Å². The number of aliphatic imine (C=N–C) groups is 1. The minimum atomic E-state index is -1.12. The largest absolute Gasteiger partial charge is 0.466 e. The van der Waals surface area contributed by atoms with Crippen molar-refractivity contribution in [1.29, 1.82) is 0 Å². The van der Waals surface area contributed by atoms with Gasteiger partial charge in [0.1, 0.15) is 11.4 Å². The van der Waals surface area contributed by atoms with Gasteiger partial charge in [-0.15, -0.1) is 24.0 Å². The van der Waals surface area contributed by atoms with Crippen molar-refractivity contribution in [1.82, 2.24) is 10.6 Å². The summed E-state index contributed by atoms with van der Waals surface area (Å²) in [6.45, 7) is 6.71. The van der Waals surface area contributed by atoms with E-state index in [4.69, 9.17) is 9.15 Å². The molecule has 0 fully saturated rings. The molecule has 4 N–H and O–H groups in total. The summed E-state index contributed by atoms with van der Waals surface area (Å²) in [5, 5.41) is 20.2. The first kappa shape index (κ1) is 24.3. The van der Waals surface area contributed by atoms with Crippen molar-refractivity contribution in [2.45, 2.75) is 26.0 Å². The highest BCUT2D eigenvalue weighted by Gasteiger charge is 2.26. The number of nitrogens with one attached hydrogen (secondary N) is 3. The molecule has 0 aliphatic rings. The number of rotatable bonds is 10. The second-order valence-corrected chi connectivity index (χ2v) is 6.42. The monoisotopic (exact) mass is 502 g/mol. The summed E-state index contributed by atoms with van der Waals surface area (Å²) in [6.07, 6.45) is 1.55. The zero-order valence-electron chi connectivity index (χ0n) is 16.7. The third-order valence-electron chi connectivity index (χ3n) is 4.01. The lowest BCUT2D eigenvalue weighted by atomic mass is 10.0. The Morgan fingerprint density at radius 2 is 1.96 bits per heavy atom. The van der Waals surface area contributed by atoms with E-state index >= 15 is 0 Å². The Labute approximate surface area is 184 Å². The molecule has 1 aromatic heterocycles. The summed E-state index contributed by atoms with van der Waals surface area (Å²) in [6, 6.07) is 11.7. The maximum absolute atomic E-state index is 10.5. The first-order chi connectivity index (χ1) is 13.0. The average Bonchev–Trinajstić information content (AvgIpc) is 3.21. The molecular formula is C20H31IN4O3. The van der Waals surface area contributed by atoms with Crippen molar-refractivity contribution in [3.8, 4) is 0 Å². The normalized spacial score (nSPS) is 13.4. The lowest BCUT2D eigenvalue weighted by Crippen LogP contribution is -2.44. The fraction of sp³-hybridized carbons (Fsp3) is 0.450. The Morgan fingerprint density at radius 1 is 1.21 bits per heavy atom. The van der Waals surface area contributed by atoms with E-state index in [1.165, 1.54) is 0 Å². The zero-order chi connectivity index (χ0) is 19.5. The number of benzene rings is 1. The third-order valence-corrected chi connectivity index (χ3v) is 4.01. The van der Waals surface area contributed by atoms with Gasteiger partial charge < -0.3 is 30.2 Å². The molecule has 0 saturated carbocycles. The number of furan rings is 1. The van der Waals surface area contributed by atoms with Crippen LogP contribution in [0.3, 0.4) is 0 Å². The molecule has 2 aromatic rings. The van der Waals surface area contributed by atoms with Crippen LogP contribution in [0.5, 0.6) is 0 Å². The fourth-order valence-electron chi connectivity index (χ4n) is 2.47. The molecule has 0 bridgehead atoms. The molecular weight excluding hydrogens is 471 g/mol. The van der Waals surface area contributed by atoms with Crippen LogP contribution in [0.2, 0.25) is 0 Å². The Kier molecular flexibility index (Phi) is 10.9. The molecule has 0 amide bonds. The highest BCUT2D eigenvalue weighted by molar-refractivity contribution is 14.0. The van der Waals surface area contributed by atoms with E-state index in [0.717, 1.165) is 24.3 Å². The Balaban J connectivity index is 0.00000392. The predicted octanol–water partition coefficient (Wildman–Crippen LogP) is 2.92. The van der Waals surface area contributed by atoms with Gasteiger partial charge in [0.2, 0.25) is 0 Å². The summed E-state index contributed by atoms with van der Waals surface area (Å²) in [5.74, 6) is 1.16. The summed E-state index contributed by atoms with van der Waals surface area (Å²) in [7, 11) is 1.69. The van der Waals surface area contributed by atoms with Gasteiger partial charge in [0.25, 0.3) is 0 Å². The molecule has 1 atom stereocenters. The molecule has 28 heavy (non-hydrogen) atoms. The Bertz CT molecular complexity index is 688. The quantitative estimate of drug-likeness (QED) is 0.173. The average molecular weight is 502 g/mol. The number of hydrogen-bond acceptors (Lipinski definition) is 5. The number of methoxy groups -OCH3 is 1. The molecule has 1 aromatic carbocycles. The molecule has 0 aliphatic carbocycles. The SMILES string of the molecule is CCNC(=NCc1ccc(NCCOC)cc1)NCC(C)(O)c1ccco1.I. The van der Waals surface area contributed by atoms with Crippen molar-refractivity contribution in [3.63, 3.8) is 0 Å². The number of ether oxygens (including phenoxy) is 1. The minimum absolute atomic E-state index is 0. The second-order valence-electron chi connectivity index (χ2n) is 6.42. The number of halogens is 1. The van der Waals surface area contributed by atoms with E-state index in [0.29, 0.717) is 24.9 Å². The van der Waals surface area contributed by atoms with Crippen LogP contribution in [0, 0.1) is 0 Å². The molecule has 0 spiro atoms. The lowest BCUT2D eigenvalue weighted by molar-refractivity contribution is 0.0386. The Hall–Kier alpha value is -1.78. The second kappa shape index (κ2) is 12.6. The van der Waals surface area contributed by atoms with Crippen molar-refractivity contribution < 1.29 is 14.3 Å². The van der Waals surface area contributed by atoms with Gasteiger partial charge in [-0.1, -0.05) is 12.1 Å². The van der Waals surface area contributed by atoms with Gasteiger partial charge in [0, 0.05) is 25.9 Å². The zero-order valence-corrected chi connectivity index (χ0v) is 19.0. The van der Waals surface area contributed by atoms with Crippen LogP contribution in [-0.4, -0.2) is 44.4 Å². The fourth-order valence-corrected chi connectivity index (χ4v) is 2.47. The van der Waals surface area contributed by atoms with Crippen LogP contribution in [0.25, 0.3) is 0 Å². The topological polar surface area (TPSA) is 91.1 Å². The summed E-state index contributed by atoms with van der Waals surface area (Å²) < 4.78 is 10.3. The molecule has 1 unspecified atom stereocenters. The standard InChI is InChI=1S/C20H30N4O3.HI/c1-4-21-19(24-15-20(2,25)18-6-5-12-27-18)23-14-16-7-9-17(10-8-16)22-11-13-26-3;/h5-10,12,22,25H,4,11,13-15H2,1-3H3,(H2,21,23,24);1H. The van der Waals surface area contributed by atoms with E-state index in [1.54, 1.807) is 32.4 Å². The maximum atomic E-state index is 10.5. The van der Waals surface area contributed by atoms with E-state index < -0.39 is 5.60 Å². The molecule has 1 heterocycles. The van der Waals surface area contributed by atoms with Crippen molar-refractivity contribution in [3.05, 3.63) is 54.0 Å². The van der Waals surface area contributed by atoms with Gasteiger partial charge in [0.05, 0.1) is 26.0 Å².